The number of hydrazone groups is 1. The van der Waals surface area contributed by atoms with E-state index in [0.29, 0.717) is 17.2 Å². The molecule has 150 valence electrons. The van der Waals surface area contributed by atoms with Crippen LogP contribution in [0.25, 0.3) is 0 Å². The molecule has 2 amide bonds. The van der Waals surface area contributed by atoms with Crippen molar-refractivity contribution in [1.29, 1.82) is 0 Å². The second-order valence-electron chi connectivity index (χ2n) is 6.09. The molecule has 9 nitrogen and oxygen atoms in total. The van der Waals surface area contributed by atoms with Crippen LogP contribution in [-0.2, 0) is 9.59 Å². The number of aliphatic imine (C=N–C) groups is 1. The number of nitrogens with one attached hydrogen (secondary N) is 3. The first-order valence-electron chi connectivity index (χ1n) is 8.83. The van der Waals surface area contributed by atoms with Gasteiger partial charge in [-0.1, -0.05) is 18.2 Å². The van der Waals surface area contributed by atoms with Crippen molar-refractivity contribution in [1.82, 2.24) is 10.7 Å². The maximum absolute atomic E-state index is 12.1. The Hall–Kier alpha value is -3.88. The molecule has 1 aliphatic heterocycles. The van der Waals surface area contributed by atoms with Gasteiger partial charge in [-0.05, 0) is 35.9 Å². The standard InChI is InChI=1S/C20H21N5O4/c1-28-16-9-8-13(10-17(16)29-2)12-21-25-20-23-15(19(27)24-20)11-18(26)22-14-6-4-3-5-7-14/h3-10,12,15H,11H2,1-2H3,(H,22,26)(H2,23,24,25,27)/b21-12-/t15-/m0/s1. The molecule has 0 bridgehead atoms. The van der Waals surface area contributed by atoms with Crippen molar-refractivity contribution in [2.24, 2.45) is 10.1 Å². The summed E-state index contributed by atoms with van der Waals surface area (Å²) in [6.45, 7) is 0. The molecule has 0 unspecified atom stereocenters. The monoisotopic (exact) mass is 395 g/mol. The summed E-state index contributed by atoms with van der Waals surface area (Å²) in [4.78, 5) is 28.3. The van der Waals surface area contributed by atoms with Crippen LogP contribution in [0.2, 0.25) is 0 Å². The molecule has 0 saturated heterocycles. The molecule has 0 fully saturated rings. The molecular weight excluding hydrogens is 374 g/mol. The number of nitrogens with zero attached hydrogens (tertiary/aromatic N) is 2. The third-order valence-electron chi connectivity index (χ3n) is 4.06. The lowest BCUT2D eigenvalue weighted by Crippen LogP contribution is -2.35. The van der Waals surface area contributed by atoms with Crippen LogP contribution in [0.15, 0.2) is 58.6 Å². The summed E-state index contributed by atoms with van der Waals surface area (Å²) in [6.07, 6.45) is 1.48. The van der Waals surface area contributed by atoms with Gasteiger partial charge >= 0.3 is 0 Å². The Morgan fingerprint density at radius 1 is 1.17 bits per heavy atom. The fourth-order valence-corrected chi connectivity index (χ4v) is 2.65. The zero-order valence-corrected chi connectivity index (χ0v) is 16.0. The molecule has 2 aromatic carbocycles. The van der Waals surface area contributed by atoms with E-state index in [1.54, 1.807) is 50.8 Å². The number of carbonyl (C=O) groups excluding carboxylic acids is 2. The van der Waals surface area contributed by atoms with Crippen LogP contribution in [0.5, 0.6) is 11.5 Å². The molecule has 0 radical (unpaired) electrons. The Labute approximate surface area is 167 Å². The average Bonchev–Trinajstić information content (AvgIpc) is 3.07. The van der Waals surface area contributed by atoms with Gasteiger partial charge in [0.1, 0.15) is 6.04 Å². The van der Waals surface area contributed by atoms with Crippen LogP contribution in [-0.4, -0.2) is 44.2 Å². The van der Waals surface area contributed by atoms with E-state index < -0.39 is 6.04 Å². The summed E-state index contributed by atoms with van der Waals surface area (Å²) in [5.41, 5.74) is 4.09. The second kappa shape index (κ2) is 9.36. The molecule has 0 aliphatic carbocycles. The summed E-state index contributed by atoms with van der Waals surface area (Å²) in [7, 11) is 3.11. The van der Waals surface area contributed by atoms with Crippen LogP contribution < -0.4 is 25.5 Å². The van der Waals surface area contributed by atoms with Gasteiger partial charge in [-0.15, -0.1) is 0 Å². The zero-order chi connectivity index (χ0) is 20.6. The quantitative estimate of drug-likeness (QED) is 0.486. The smallest absolute Gasteiger partial charge is 0.252 e. The fraction of sp³-hybridized carbons (Fsp3) is 0.200. The van der Waals surface area contributed by atoms with Gasteiger partial charge in [-0.25, -0.2) is 10.4 Å². The highest BCUT2D eigenvalue weighted by molar-refractivity contribution is 6.07. The van der Waals surface area contributed by atoms with Gasteiger partial charge in [0, 0.05) is 5.69 Å². The Bertz CT molecular complexity index is 943. The van der Waals surface area contributed by atoms with Gasteiger partial charge < -0.3 is 14.8 Å². The average molecular weight is 395 g/mol. The number of benzene rings is 2. The molecule has 1 atom stereocenters. The minimum absolute atomic E-state index is 0.0642. The number of carbonyl (C=O) groups is 2. The van der Waals surface area contributed by atoms with E-state index >= 15 is 0 Å². The number of rotatable bonds is 7. The molecule has 0 spiro atoms. The van der Waals surface area contributed by atoms with Gasteiger partial charge in [0.25, 0.3) is 5.91 Å². The van der Waals surface area contributed by atoms with Crippen LogP contribution in [0, 0.1) is 0 Å². The van der Waals surface area contributed by atoms with Crippen molar-refractivity contribution in [3.05, 3.63) is 54.1 Å². The van der Waals surface area contributed by atoms with E-state index in [2.05, 4.69) is 26.2 Å². The Morgan fingerprint density at radius 2 is 1.93 bits per heavy atom. The van der Waals surface area contributed by atoms with Crippen molar-refractivity contribution in [2.45, 2.75) is 12.5 Å². The molecule has 0 aromatic heterocycles. The predicted octanol–water partition coefficient (Wildman–Crippen LogP) is 1.51. The van der Waals surface area contributed by atoms with Crippen molar-refractivity contribution in [3.63, 3.8) is 0 Å². The largest absolute Gasteiger partial charge is 0.493 e. The van der Waals surface area contributed by atoms with Gasteiger partial charge in [0.2, 0.25) is 11.9 Å². The molecule has 3 N–H and O–H groups in total. The first-order chi connectivity index (χ1) is 14.1. The van der Waals surface area contributed by atoms with Crippen LogP contribution in [0.4, 0.5) is 5.69 Å². The number of ether oxygens (including phenoxy) is 2. The Balaban J connectivity index is 1.56. The molecule has 0 saturated carbocycles. The highest BCUT2D eigenvalue weighted by Crippen LogP contribution is 2.26. The van der Waals surface area contributed by atoms with Crippen LogP contribution in [0.3, 0.4) is 0 Å². The molecule has 1 heterocycles. The summed E-state index contributed by atoms with van der Waals surface area (Å²) < 4.78 is 10.4. The third-order valence-corrected chi connectivity index (χ3v) is 4.06. The lowest BCUT2D eigenvalue weighted by atomic mass is 10.2. The Morgan fingerprint density at radius 3 is 2.66 bits per heavy atom. The van der Waals surface area contributed by atoms with Crippen LogP contribution >= 0.6 is 0 Å². The van der Waals surface area contributed by atoms with Crippen molar-refractivity contribution in [3.8, 4) is 11.5 Å². The lowest BCUT2D eigenvalue weighted by molar-refractivity contribution is -0.123. The van der Waals surface area contributed by atoms with Gasteiger partial charge in [0.15, 0.2) is 11.5 Å². The summed E-state index contributed by atoms with van der Waals surface area (Å²) >= 11 is 0. The molecule has 1 aliphatic rings. The van der Waals surface area contributed by atoms with E-state index in [4.69, 9.17) is 9.47 Å². The number of amides is 2. The first-order valence-corrected chi connectivity index (χ1v) is 8.83. The molecule has 2 aromatic rings. The summed E-state index contributed by atoms with van der Waals surface area (Å²) in [5.74, 6) is 0.713. The highest BCUT2D eigenvalue weighted by atomic mass is 16.5. The predicted molar refractivity (Wildman–Crippen MR) is 109 cm³/mol. The topological polar surface area (TPSA) is 113 Å². The summed E-state index contributed by atoms with van der Waals surface area (Å²) in [5, 5.41) is 9.34. The number of hydrogen-bond acceptors (Lipinski definition) is 7. The third kappa shape index (κ3) is 5.32. The van der Waals surface area contributed by atoms with E-state index in [1.165, 1.54) is 0 Å². The minimum Gasteiger partial charge on any atom is -0.493 e. The maximum atomic E-state index is 12.1. The zero-order valence-electron chi connectivity index (χ0n) is 16.0. The second-order valence-corrected chi connectivity index (χ2v) is 6.09. The molecular formula is C20H21N5O4. The maximum Gasteiger partial charge on any atom is 0.252 e. The summed E-state index contributed by atoms with van der Waals surface area (Å²) in [6, 6.07) is 13.5. The SMILES string of the molecule is COc1ccc(/C=N\NC2=N[C@@H](CC(=O)Nc3ccccc3)C(=O)N2)cc1OC. The Kier molecular flexibility index (Phi) is 6.41. The van der Waals surface area contributed by atoms with Crippen molar-refractivity contribution < 1.29 is 19.1 Å². The van der Waals surface area contributed by atoms with E-state index in [9.17, 15) is 9.59 Å². The van der Waals surface area contributed by atoms with Gasteiger partial charge in [0.05, 0.1) is 26.9 Å². The van der Waals surface area contributed by atoms with Crippen molar-refractivity contribution >= 4 is 29.7 Å². The van der Waals surface area contributed by atoms with Crippen LogP contribution in [0.1, 0.15) is 12.0 Å². The first kappa shape index (κ1) is 19.9. The van der Waals surface area contributed by atoms with Gasteiger partial charge in [-0.3, -0.25) is 14.9 Å². The van der Waals surface area contributed by atoms with E-state index in [1.807, 2.05) is 18.2 Å². The lowest BCUT2D eigenvalue weighted by Gasteiger charge is -2.07. The number of guanidine groups is 1. The van der Waals surface area contributed by atoms with Gasteiger partial charge in [-0.2, -0.15) is 5.10 Å². The molecule has 9 heteroatoms. The normalized spacial score (nSPS) is 15.6. The number of methoxy groups -OCH3 is 2. The fourth-order valence-electron chi connectivity index (χ4n) is 2.65. The van der Waals surface area contributed by atoms with E-state index in [-0.39, 0.29) is 24.2 Å². The molecule has 29 heavy (non-hydrogen) atoms. The number of anilines is 1. The highest BCUT2D eigenvalue weighted by Gasteiger charge is 2.28. The van der Waals surface area contributed by atoms with E-state index in [0.717, 1.165) is 5.56 Å². The molecule has 3 rings (SSSR count). The van der Waals surface area contributed by atoms with Crippen molar-refractivity contribution in [2.75, 3.05) is 19.5 Å². The minimum atomic E-state index is -0.808. The number of para-hydroxylation sites is 1. The number of hydrogen-bond donors (Lipinski definition) is 3.